The molecule has 0 saturated carbocycles. The standard InChI is InChI=1S/C30H30ClNO3/c1-20(6-7-23-4-3-5-27(31)19-23)18-28-21(2)32-35-30(28)26-15-13-25(14-16-26)24-11-8-22(9-12-24)10-17-29(33)34/h3-5,8-9,11-16,19-20H,6-7,10,17-18H2,1-2H3,(H,33,34). The predicted octanol–water partition coefficient (Wildman–Crippen LogP) is 7.80. The first-order valence-corrected chi connectivity index (χ1v) is 12.4. The average molecular weight is 488 g/mol. The first kappa shape index (κ1) is 24.7. The van der Waals surface area contributed by atoms with E-state index in [1.165, 1.54) is 11.1 Å². The number of hydrogen-bond donors (Lipinski definition) is 1. The molecule has 4 rings (SSSR count). The molecule has 1 N–H and O–H groups in total. The molecule has 0 aliphatic rings. The van der Waals surface area contributed by atoms with Gasteiger partial charge in [-0.1, -0.05) is 84.3 Å². The van der Waals surface area contributed by atoms with Crippen molar-refractivity contribution < 1.29 is 14.4 Å². The van der Waals surface area contributed by atoms with Crippen LogP contribution in [0.1, 0.15) is 42.1 Å². The van der Waals surface area contributed by atoms with Gasteiger partial charge in [0.2, 0.25) is 0 Å². The Morgan fingerprint density at radius 2 is 1.60 bits per heavy atom. The Labute approximate surface area is 211 Å². The molecular formula is C30H30ClNO3. The summed E-state index contributed by atoms with van der Waals surface area (Å²) in [4.78, 5) is 10.8. The van der Waals surface area contributed by atoms with Crippen LogP contribution in [0.25, 0.3) is 22.5 Å². The molecule has 0 aliphatic heterocycles. The highest BCUT2D eigenvalue weighted by molar-refractivity contribution is 6.30. The molecule has 35 heavy (non-hydrogen) atoms. The molecule has 1 unspecified atom stereocenters. The fraction of sp³-hybridized carbons (Fsp3) is 0.267. The number of rotatable bonds is 10. The van der Waals surface area contributed by atoms with Gasteiger partial charge in [0.05, 0.1) is 5.69 Å². The first-order chi connectivity index (χ1) is 16.9. The molecule has 0 amide bonds. The average Bonchev–Trinajstić information content (AvgIpc) is 3.22. The van der Waals surface area contributed by atoms with Crippen LogP contribution in [0.3, 0.4) is 0 Å². The zero-order valence-electron chi connectivity index (χ0n) is 20.1. The number of hydrogen-bond acceptors (Lipinski definition) is 3. The van der Waals surface area contributed by atoms with E-state index in [1.807, 2.05) is 49.4 Å². The van der Waals surface area contributed by atoms with Gasteiger partial charge in [-0.3, -0.25) is 4.79 Å². The lowest BCUT2D eigenvalue weighted by Crippen LogP contribution is -2.03. The Balaban J connectivity index is 1.43. The second-order valence-corrected chi connectivity index (χ2v) is 9.66. The molecule has 4 aromatic rings. The van der Waals surface area contributed by atoms with Crippen molar-refractivity contribution in [2.24, 2.45) is 5.92 Å². The van der Waals surface area contributed by atoms with Gasteiger partial charge in [-0.05, 0) is 72.9 Å². The monoisotopic (exact) mass is 487 g/mol. The minimum atomic E-state index is -0.776. The summed E-state index contributed by atoms with van der Waals surface area (Å²) < 4.78 is 5.75. The first-order valence-electron chi connectivity index (χ1n) is 12.0. The Kier molecular flexibility index (Phi) is 8.04. The van der Waals surface area contributed by atoms with Crippen molar-refractivity contribution in [3.05, 3.63) is 100 Å². The van der Waals surface area contributed by atoms with Gasteiger partial charge in [0.25, 0.3) is 0 Å². The van der Waals surface area contributed by atoms with E-state index in [0.29, 0.717) is 12.3 Å². The maximum Gasteiger partial charge on any atom is 0.303 e. The van der Waals surface area contributed by atoms with Crippen LogP contribution in [-0.4, -0.2) is 16.2 Å². The number of aliphatic carboxylic acids is 1. The van der Waals surface area contributed by atoms with Crippen LogP contribution in [0.5, 0.6) is 0 Å². The van der Waals surface area contributed by atoms with Crippen molar-refractivity contribution in [1.29, 1.82) is 0 Å². The van der Waals surface area contributed by atoms with Gasteiger partial charge < -0.3 is 9.63 Å². The maximum atomic E-state index is 10.8. The summed E-state index contributed by atoms with van der Waals surface area (Å²) in [5, 5.41) is 13.9. The lowest BCUT2D eigenvalue weighted by atomic mass is 9.92. The molecule has 180 valence electrons. The van der Waals surface area contributed by atoms with Crippen molar-refractivity contribution in [3.8, 4) is 22.5 Å². The fourth-order valence-corrected chi connectivity index (χ4v) is 4.55. The van der Waals surface area contributed by atoms with Gasteiger partial charge in [-0.25, -0.2) is 0 Å². The Morgan fingerprint density at radius 1 is 0.943 bits per heavy atom. The van der Waals surface area contributed by atoms with E-state index < -0.39 is 5.97 Å². The van der Waals surface area contributed by atoms with Crippen molar-refractivity contribution >= 4 is 17.6 Å². The highest BCUT2D eigenvalue weighted by Gasteiger charge is 2.18. The number of carbonyl (C=O) groups is 1. The van der Waals surface area contributed by atoms with Crippen LogP contribution in [0.4, 0.5) is 0 Å². The number of carboxylic acids is 1. The summed E-state index contributed by atoms with van der Waals surface area (Å²) in [6, 6.07) is 24.5. The SMILES string of the molecule is Cc1noc(-c2ccc(-c3ccc(CCC(=O)O)cc3)cc2)c1CC(C)CCc1cccc(Cl)c1. The van der Waals surface area contributed by atoms with Gasteiger partial charge >= 0.3 is 5.97 Å². The zero-order chi connectivity index (χ0) is 24.8. The molecule has 4 nitrogen and oxygen atoms in total. The molecule has 0 aliphatic carbocycles. The third-order valence-electron chi connectivity index (χ3n) is 6.41. The summed E-state index contributed by atoms with van der Waals surface area (Å²) in [6.07, 6.45) is 3.65. The van der Waals surface area contributed by atoms with E-state index in [-0.39, 0.29) is 6.42 Å². The van der Waals surface area contributed by atoms with Gasteiger partial charge in [0, 0.05) is 22.6 Å². The molecule has 5 heteroatoms. The third kappa shape index (κ3) is 6.61. The topological polar surface area (TPSA) is 63.3 Å². The van der Waals surface area contributed by atoms with Gasteiger partial charge in [-0.15, -0.1) is 0 Å². The zero-order valence-corrected chi connectivity index (χ0v) is 20.9. The summed E-state index contributed by atoms with van der Waals surface area (Å²) in [5.41, 5.74) is 7.61. The summed E-state index contributed by atoms with van der Waals surface area (Å²) >= 11 is 6.12. The van der Waals surface area contributed by atoms with Crippen LogP contribution in [-0.2, 0) is 24.1 Å². The van der Waals surface area contributed by atoms with Gasteiger partial charge in [0.1, 0.15) is 0 Å². The van der Waals surface area contributed by atoms with Gasteiger partial charge in [-0.2, -0.15) is 0 Å². The van der Waals surface area contributed by atoms with Crippen molar-refractivity contribution in [2.75, 3.05) is 0 Å². The van der Waals surface area contributed by atoms with Gasteiger partial charge in [0.15, 0.2) is 5.76 Å². The van der Waals surface area contributed by atoms with Crippen LogP contribution in [0.2, 0.25) is 5.02 Å². The van der Waals surface area contributed by atoms with E-state index in [1.54, 1.807) is 0 Å². The quantitative estimate of drug-likeness (QED) is 0.248. The Bertz CT molecular complexity index is 1280. The second kappa shape index (κ2) is 11.4. The Hall–Kier alpha value is -3.37. The third-order valence-corrected chi connectivity index (χ3v) is 6.65. The lowest BCUT2D eigenvalue weighted by Gasteiger charge is -2.12. The summed E-state index contributed by atoms with van der Waals surface area (Å²) in [7, 11) is 0. The smallest absolute Gasteiger partial charge is 0.303 e. The van der Waals surface area contributed by atoms with Crippen molar-refractivity contribution in [3.63, 3.8) is 0 Å². The molecule has 0 bridgehead atoms. The molecule has 3 aromatic carbocycles. The number of carboxylic acid groups (broad SMARTS) is 1. The van der Waals surface area contributed by atoms with Crippen LogP contribution in [0.15, 0.2) is 77.3 Å². The number of halogens is 1. The van der Waals surface area contributed by atoms with Crippen LogP contribution < -0.4 is 0 Å². The number of benzene rings is 3. The minimum absolute atomic E-state index is 0.145. The largest absolute Gasteiger partial charge is 0.481 e. The Morgan fingerprint density at radius 3 is 2.26 bits per heavy atom. The number of aryl methyl sites for hydroxylation is 3. The van der Waals surface area contributed by atoms with E-state index in [9.17, 15) is 4.79 Å². The second-order valence-electron chi connectivity index (χ2n) is 9.22. The van der Waals surface area contributed by atoms with Crippen LogP contribution in [0, 0.1) is 12.8 Å². The van der Waals surface area contributed by atoms with E-state index >= 15 is 0 Å². The molecule has 0 fully saturated rings. The normalized spacial score (nSPS) is 12.0. The molecular weight excluding hydrogens is 458 g/mol. The van der Waals surface area contributed by atoms with Crippen LogP contribution >= 0.6 is 11.6 Å². The van der Waals surface area contributed by atoms with E-state index in [4.69, 9.17) is 21.2 Å². The highest BCUT2D eigenvalue weighted by atomic mass is 35.5. The highest BCUT2D eigenvalue weighted by Crippen LogP contribution is 2.31. The summed E-state index contributed by atoms with van der Waals surface area (Å²) in [6.45, 7) is 4.27. The fourth-order valence-electron chi connectivity index (χ4n) is 4.34. The molecule has 0 radical (unpaired) electrons. The summed E-state index contributed by atoms with van der Waals surface area (Å²) in [5.74, 6) is 0.541. The molecule has 0 saturated heterocycles. The van der Waals surface area contributed by atoms with Crippen molar-refractivity contribution in [2.45, 2.75) is 46.0 Å². The lowest BCUT2D eigenvalue weighted by molar-refractivity contribution is -0.136. The maximum absolute atomic E-state index is 10.8. The number of nitrogens with zero attached hydrogens (tertiary/aromatic N) is 1. The molecule has 1 heterocycles. The predicted molar refractivity (Wildman–Crippen MR) is 141 cm³/mol. The van der Waals surface area contributed by atoms with E-state index in [2.05, 4.69) is 42.4 Å². The molecule has 1 atom stereocenters. The minimum Gasteiger partial charge on any atom is -0.481 e. The van der Waals surface area contributed by atoms with Crippen molar-refractivity contribution in [1.82, 2.24) is 5.16 Å². The van der Waals surface area contributed by atoms with E-state index in [0.717, 1.165) is 58.0 Å². The number of aromatic nitrogens is 1. The molecule has 1 aromatic heterocycles. The molecule has 0 spiro atoms.